The number of carbonyl (C=O) groups is 1. The van der Waals surface area contributed by atoms with E-state index in [-0.39, 0.29) is 6.61 Å². The quantitative estimate of drug-likeness (QED) is 0.893. The van der Waals surface area contributed by atoms with E-state index >= 15 is 0 Å². The molecule has 1 amide bonds. The van der Waals surface area contributed by atoms with Crippen molar-refractivity contribution in [3.05, 3.63) is 18.2 Å². The Morgan fingerprint density at radius 3 is 2.85 bits per heavy atom. The third-order valence-corrected chi connectivity index (χ3v) is 2.47. The van der Waals surface area contributed by atoms with Gasteiger partial charge >= 0.3 is 6.09 Å². The van der Waals surface area contributed by atoms with E-state index in [2.05, 4.69) is 15.6 Å². The molecule has 20 heavy (non-hydrogen) atoms. The highest BCUT2D eigenvalue weighted by molar-refractivity contribution is 5.88. The number of hydrogen-bond donors (Lipinski definition) is 2. The van der Waals surface area contributed by atoms with Crippen molar-refractivity contribution < 1.29 is 14.6 Å². The average Bonchev–Trinajstić information content (AvgIpc) is 2.70. The maximum atomic E-state index is 11.7. The highest BCUT2D eigenvalue weighted by Crippen LogP contribution is 2.18. The average molecular weight is 278 g/mol. The van der Waals surface area contributed by atoms with E-state index in [1.807, 2.05) is 0 Å². The minimum atomic E-state index is -0.547. The van der Waals surface area contributed by atoms with Crippen LogP contribution in [-0.4, -0.2) is 38.4 Å². The summed E-state index contributed by atoms with van der Waals surface area (Å²) in [6.07, 6.45) is -0.516. The van der Waals surface area contributed by atoms with Gasteiger partial charge < -0.3 is 9.84 Å². The fourth-order valence-electron chi connectivity index (χ4n) is 1.72. The predicted octanol–water partition coefficient (Wildman–Crippen LogP) is 1.77. The smallest absolute Gasteiger partial charge is 0.412 e. The topological polar surface area (TPSA) is 89.3 Å². The zero-order chi connectivity index (χ0) is 14.8. The number of rotatable bonds is 3. The highest BCUT2D eigenvalue weighted by atomic mass is 16.6. The van der Waals surface area contributed by atoms with Gasteiger partial charge in [0.15, 0.2) is 0 Å². The number of aliphatic hydroxyl groups excluding tert-OH is 1. The molecule has 7 heteroatoms. The van der Waals surface area contributed by atoms with Crippen LogP contribution < -0.4 is 5.32 Å². The van der Waals surface area contributed by atoms with Crippen LogP contribution in [0.1, 0.15) is 20.8 Å². The number of benzene rings is 1. The number of amides is 1. The summed E-state index contributed by atoms with van der Waals surface area (Å²) < 4.78 is 6.76. The summed E-state index contributed by atoms with van der Waals surface area (Å²) in [6, 6.07) is 5.22. The highest BCUT2D eigenvalue weighted by Gasteiger charge is 2.16. The first-order valence-corrected chi connectivity index (χ1v) is 6.33. The van der Waals surface area contributed by atoms with Crippen LogP contribution in [0.5, 0.6) is 0 Å². The molecule has 1 aromatic heterocycles. The molecule has 2 aromatic rings. The third kappa shape index (κ3) is 3.45. The van der Waals surface area contributed by atoms with Crippen molar-refractivity contribution in [1.29, 1.82) is 0 Å². The predicted molar refractivity (Wildman–Crippen MR) is 74.5 cm³/mol. The Morgan fingerprint density at radius 2 is 2.20 bits per heavy atom. The lowest BCUT2D eigenvalue weighted by Gasteiger charge is -2.19. The molecule has 0 aliphatic heterocycles. The van der Waals surface area contributed by atoms with E-state index in [0.29, 0.717) is 17.7 Å². The Hall–Kier alpha value is -2.15. The number of fused-ring (bicyclic) bond motifs is 1. The Balaban J connectivity index is 2.18. The van der Waals surface area contributed by atoms with Gasteiger partial charge in [-0.1, -0.05) is 5.21 Å². The van der Waals surface area contributed by atoms with Crippen LogP contribution in [0.2, 0.25) is 0 Å². The summed E-state index contributed by atoms with van der Waals surface area (Å²) >= 11 is 0. The van der Waals surface area contributed by atoms with Gasteiger partial charge in [-0.15, -0.1) is 5.10 Å². The zero-order valence-corrected chi connectivity index (χ0v) is 11.8. The Morgan fingerprint density at radius 1 is 1.45 bits per heavy atom. The van der Waals surface area contributed by atoms with Crippen molar-refractivity contribution >= 4 is 22.8 Å². The lowest BCUT2D eigenvalue weighted by atomic mass is 10.2. The molecule has 0 saturated carbocycles. The van der Waals surface area contributed by atoms with Crippen molar-refractivity contribution in [3.8, 4) is 0 Å². The number of aromatic nitrogens is 3. The van der Waals surface area contributed by atoms with Crippen molar-refractivity contribution in [1.82, 2.24) is 15.0 Å². The number of nitrogens with one attached hydrogen (secondary N) is 1. The molecule has 2 N–H and O–H groups in total. The number of anilines is 1. The minimum Gasteiger partial charge on any atom is -0.444 e. The molecule has 0 aliphatic rings. The van der Waals surface area contributed by atoms with Crippen molar-refractivity contribution in [2.45, 2.75) is 32.9 Å². The normalized spacial score (nSPS) is 11.6. The number of carbonyl (C=O) groups excluding carboxylic acids is 1. The molecule has 0 saturated heterocycles. The first-order chi connectivity index (χ1) is 9.39. The van der Waals surface area contributed by atoms with E-state index in [9.17, 15) is 4.79 Å². The van der Waals surface area contributed by atoms with Gasteiger partial charge in [-0.25, -0.2) is 9.48 Å². The number of hydrogen-bond acceptors (Lipinski definition) is 5. The summed E-state index contributed by atoms with van der Waals surface area (Å²) in [4.78, 5) is 11.7. The second kappa shape index (κ2) is 5.46. The number of aliphatic hydroxyl groups is 1. The lowest BCUT2D eigenvalue weighted by Crippen LogP contribution is -2.27. The Labute approximate surface area is 116 Å². The van der Waals surface area contributed by atoms with Crippen LogP contribution in [-0.2, 0) is 11.3 Å². The summed E-state index contributed by atoms with van der Waals surface area (Å²) in [5, 5.41) is 19.5. The third-order valence-electron chi connectivity index (χ3n) is 2.47. The Kier molecular flexibility index (Phi) is 3.89. The van der Waals surface area contributed by atoms with Gasteiger partial charge in [-0.3, -0.25) is 5.32 Å². The molecule has 108 valence electrons. The molecule has 0 unspecified atom stereocenters. The van der Waals surface area contributed by atoms with Crippen LogP contribution in [0.25, 0.3) is 11.0 Å². The van der Waals surface area contributed by atoms with E-state index in [1.165, 1.54) is 0 Å². The van der Waals surface area contributed by atoms with Gasteiger partial charge in [0.2, 0.25) is 0 Å². The van der Waals surface area contributed by atoms with Gasteiger partial charge in [0, 0.05) is 5.69 Å². The first kappa shape index (κ1) is 14.3. The standard InChI is InChI=1S/C13H18N4O3/c1-13(2,3)20-12(19)14-9-4-5-10-11(8-9)17(6-7-18)16-15-10/h4-5,8,18H,6-7H2,1-3H3,(H,14,19). The summed E-state index contributed by atoms with van der Waals surface area (Å²) in [6.45, 7) is 5.73. The maximum Gasteiger partial charge on any atom is 0.412 e. The molecule has 7 nitrogen and oxygen atoms in total. The van der Waals surface area contributed by atoms with Gasteiger partial charge in [-0.05, 0) is 39.0 Å². The van der Waals surface area contributed by atoms with Gasteiger partial charge in [0.1, 0.15) is 11.1 Å². The van der Waals surface area contributed by atoms with Crippen LogP contribution in [0.15, 0.2) is 18.2 Å². The molecular weight excluding hydrogens is 260 g/mol. The van der Waals surface area contributed by atoms with Gasteiger partial charge in [-0.2, -0.15) is 0 Å². The number of ether oxygens (including phenoxy) is 1. The second-order valence-electron chi connectivity index (χ2n) is 5.37. The van der Waals surface area contributed by atoms with Crippen LogP contribution in [0.4, 0.5) is 10.5 Å². The molecule has 0 aliphatic carbocycles. The molecule has 2 rings (SSSR count). The molecule has 0 spiro atoms. The van der Waals surface area contributed by atoms with E-state index in [0.717, 1.165) is 5.52 Å². The van der Waals surface area contributed by atoms with Gasteiger partial charge in [0.25, 0.3) is 0 Å². The van der Waals surface area contributed by atoms with Gasteiger partial charge in [0.05, 0.1) is 18.7 Å². The van der Waals surface area contributed by atoms with Crippen molar-refractivity contribution in [3.63, 3.8) is 0 Å². The van der Waals surface area contributed by atoms with Crippen LogP contribution in [0.3, 0.4) is 0 Å². The summed E-state index contributed by atoms with van der Waals surface area (Å²) in [7, 11) is 0. The molecule has 1 heterocycles. The second-order valence-corrected chi connectivity index (χ2v) is 5.37. The van der Waals surface area contributed by atoms with Crippen LogP contribution in [0, 0.1) is 0 Å². The summed E-state index contributed by atoms with van der Waals surface area (Å²) in [5.41, 5.74) is 1.49. The zero-order valence-electron chi connectivity index (χ0n) is 11.8. The maximum absolute atomic E-state index is 11.7. The van der Waals surface area contributed by atoms with E-state index < -0.39 is 11.7 Å². The van der Waals surface area contributed by atoms with E-state index in [4.69, 9.17) is 9.84 Å². The van der Waals surface area contributed by atoms with Crippen LogP contribution >= 0.6 is 0 Å². The van der Waals surface area contributed by atoms with Crippen molar-refractivity contribution in [2.24, 2.45) is 0 Å². The summed E-state index contributed by atoms with van der Waals surface area (Å²) in [5.74, 6) is 0. The monoisotopic (exact) mass is 278 g/mol. The largest absolute Gasteiger partial charge is 0.444 e. The SMILES string of the molecule is CC(C)(C)OC(=O)Nc1ccc2nnn(CCO)c2c1. The van der Waals surface area contributed by atoms with E-state index in [1.54, 1.807) is 43.7 Å². The molecule has 1 aromatic carbocycles. The molecular formula is C13H18N4O3. The Bertz CT molecular complexity index is 616. The molecule has 0 atom stereocenters. The fraction of sp³-hybridized carbons (Fsp3) is 0.462. The molecule has 0 bridgehead atoms. The fourth-order valence-corrected chi connectivity index (χ4v) is 1.72. The first-order valence-electron chi connectivity index (χ1n) is 6.33. The minimum absolute atomic E-state index is 0.0256. The van der Waals surface area contributed by atoms with Crippen molar-refractivity contribution in [2.75, 3.05) is 11.9 Å². The lowest BCUT2D eigenvalue weighted by molar-refractivity contribution is 0.0636. The number of nitrogens with zero attached hydrogens (tertiary/aromatic N) is 3. The molecule has 0 fully saturated rings. The molecule has 0 radical (unpaired) electrons.